The number of nitrogens with zero attached hydrogens (tertiary/aromatic N) is 4. The number of benzene rings is 1. The first-order valence-electron chi connectivity index (χ1n) is 13.5. The van der Waals surface area contributed by atoms with Crippen LogP contribution in [0.3, 0.4) is 0 Å². The van der Waals surface area contributed by atoms with E-state index in [4.69, 9.17) is 20.3 Å². The first-order chi connectivity index (χ1) is 20.5. The quantitative estimate of drug-likeness (QED) is 0.253. The van der Waals surface area contributed by atoms with Crippen LogP contribution in [0.2, 0.25) is 0 Å². The number of aryl methyl sites for hydroxylation is 1. The van der Waals surface area contributed by atoms with E-state index in [2.05, 4.69) is 19.7 Å². The third kappa shape index (κ3) is 6.00. The summed E-state index contributed by atoms with van der Waals surface area (Å²) in [7, 11) is -3.52. The fraction of sp³-hybridized carbons (Fsp3) is 0.357. The maximum absolute atomic E-state index is 14.4. The summed E-state index contributed by atoms with van der Waals surface area (Å²) in [6.07, 6.45) is 3.79. The number of halogens is 2. The Morgan fingerprint density at radius 1 is 1.14 bits per heavy atom. The summed E-state index contributed by atoms with van der Waals surface area (Å²) in [5.74, 6) is -2.73. The van der Waals surface area contributed by atoms with Crippen LogP contribution in [0.25, 0.3) is 22.2 Å². The van der Waals surface area contributed by atoms with E-state index < -0.39 is 32.1 Å². The van der Waals surface area contributed by atoms with Gasteiger partial charge in [-0.3, -0.25) is 14.1 Å². The van der Waals surface area contributed by atoms with Gasteiger partial charge in [-0.05, 0) is 56.9 Å². The van der Waals surface area contributed by atoms with Crippen molar-refractivity contribution >= 4 is 32.7 Å². The van der Waals surface area contributed by atoms with Crippen molar-refractivity contribution in [2.45, 2.75) is 49.6 Å². The van der Waals surface area contributed by atoms with Crippen LogP contribution in [0.4, 0.5) is 20.4 Å². The lowest BCUT2D eigenvalue weighted by Gasteiger charge is -2.30. The Morgan fingerprint density at radius 2 is 1.84 bits per heavy atom. The fourth-order valence-electron chi connectivity index (χ4n) is 5.38. The van der Waals surface area contributed by atoms with Gasteiger partial charge in [0, 0.05) is 28.8 Å². The molecule has 0 bridgehead atoms. The zero-order chi connectivity index (χ0) is 30.9. The van der Waals surface area contributed by atoms with Gasteiger partial charge in [0.05, 0.1) is 32.1 Å². The Morgan fingerprint density at radius 3 is 2.49 bits per heavy atom. The van der Waals surface area contributed by atoms with Gasteiger partial charge in [-0.15, -0.1) is 0 Å². The van der Waals surface area contributed by atoms with Crippen LogP contribution >= 0.6 is 0 Å². The van der Waals surface area contributed by atoms with Gasteiger partial charge in [-0.2, -0.15) is 4.98 Å². The highest BCUT2D eigenvalue weighted by atomic mass is 32.2. The Balaban J connectivity index is 1.62. The first kappa shape index (κ1) is 30.3. The van der Waals surface area contributed by atoms with Gasteiger partial charge in [0.15, 0.2) is 4.90 Å². The van der Waals surface area contributed by atoms with E-state index in [-0.39, 0.29) is 54.0 Å². The number of aromatic nitrogens is 4. The summed E-state index contributed by atoms with van der Waals surface area (Å²) in [4.78, 5) is 25.8. The van der Waals surface area contributed by atoms with Crippen LogP contribution in [0.1, 0.15) is 37.4 Å². The van der Waals surface area contributed by atoms with Gasteiger partial charge in [-0.25, -0.2) is 27.2 Å². The third-order valence-corrected chi connectivity index (χ3v) is 8.76. The van der Waals surface area contributed by atoms with Crippen molar-refractivity contribution < 1.29 is 31.8 Å². The monoisotopic (exact) mass is 616 g/mol. The van der Waals surface area contributed by atoms with Gasteiger partial charge in [0.2, 0.25) is 11.8 Å². The Labute approximate surface area is 245 Å². The van der Waals surface area contributed by atoms with E-state index in [0.717, 1.165) is 18.2 Å². The molecule has 0 unspecified atom stereocenters. The molecule has 15 heteroatoms. The van der Waals surface area contributed by atoms with Gasteiger partial charge in [0.1, 0.15) is 23.0 Å². The zero-order valence-electron chi connectivity index (χ0n) is 23.4. The Hall–Kier alpha value is -4.21. The fourth-order valence-corrected chi connectivity index (χ4v) is 6.56. The number of anilines is 2. The van der Waals surface area contributed by atoms with Crippen LogP contribution in [-0.4, -0.2) is 59.5 Å². The highest BCUT2D eigenvalue weighted by molar-refractivity contribution is 7.92. The van der Waals surface area contributed by atoms with Crippen molar-refractivity contribution in [3.05, 3.63) is 64.2 Å². The predicted molar refractivity (Wildman–Crippen MR) is 154 cm³/mol. The molecule has 0 amide bonds. The Bertz CT molecular complexity index is 1820. The number of fused-ring (bicyclic) bond motifs is 1. The van der Waals surface area contributed by atoms with Gasteiger partial charge in [0.25, 0.3) is 15.6 Å². The second-order valence-electron chi connectivity index (χ2n) is 10.1. The molecule has 0 aliphatic heterocycles. The number of aliphatic hydroxyl groups excluding tert-OH is 1. The van der Waals surface area contributed by atoms with E-state index in [1.54, 1.807) is 17.6 Å². The van der Waals surface area contributed by atoms with Crippen LogP contribution in [-0.2, 0) is 14.8 Å². The molecule has 0 spiro atoms. The lowest BCUT2D eigenvalue weighted by atomic mass is 9.92. The van der Waals surface area contributed by atoms with Crippen LogP contribution in [0, 0.1) is 18.6 Å². The van der Waals surface area contributed by atoms with E-state index >= 15 is 0 Å². The van der Waals surface area contributed by atoms with Crippen LogP contribution < -0.4 is 20.8 Å². The van der Waals surface area contributed by atoms with Crippen LogP contribution in [0.5, 0.6) is 5.88 Å². The lowest BCUT2D eigenvalue weighted by molar-refractivity contribution is 0.00169. The molecule has 4 aromatic rings. The molecule has 4 N–H and O–H groups in total. The number of pyridine rings is 2. The third-order valence-electron chi connectivity index (χ3n) is 7.34. The standard InChI is InChI=1S/C28H30F2N6O6S/c1-15-19-13-20(27(38)36(25(19)34-28(31)33-15)17-6-8-18(9-7-17)42-11-10-37)16-12-23(26(41-2)32-14-16)35-43(39,40)24-21(29)4-3-5-22(24)30/h3-5,12-14,17-18,35,37H,6-11H2,1-2H3,(H2,31,33,34). The van der Waals surface area contributed by atoms with Crippen molar-refractivity contribution in [3.8, 4) is 17.0 Å². The van der Waals surface area contributed by atoms with E-state index in [1.807, 2.05) is 0 Å². The lowest BCUT2D eigenvalue weighted by Crippen LogP contribution is -2.32. The first-order valence-corrected chi connectivity index (χ1v) is 15.0. The molecule has 1 fully saturated rings. The average Bonchev–Trinajstić information content (AvgIpc) is 2.96. The molecule has 43 heavy (non-hydrogen) atoms. The number of hydrogen-bond acceptors (Lipinski definition) is 10. The van der Waals surface area contributed by atoms with Gasteiger partial charge in [-0.1, -0.05) is 6.07 Å². The van der Waals surface area contributed by atoms with Gasteiger partial charge >= 0.3 is 0 Å². The molecule has 1 saturated carbocycles. The molecule has 1 aliphatic carbocycles. The molecule has 228 valence electrons. The maximum Gasteiger partial charge on any atom is 0.267 e. The highest BCUT2D eigenvalue weighted by Gasteiger charge is 2.29. The topological polar surface area (TPSA) is 172 Å². The zero-order valence-corrected chi connectivity index (χ0v) is 24.2. The molecule has 1 aliphatic rings. The molecule has 0 radical (unpaired) electrons. The number of nitrogens with one attached hydrogen (secondary N) is 1. The number of nitrogen functional groups attached to an aromatic ring is 1. The largest absolute Gasteiger partial charge is 0.480 e. The molecule has 1 aromatic carbocycles. The molecule has 3 aromatic heterocycles. The summed E-state index contributed by atoms with van der Waals surface area (Å²) in [5, 5.41) is 9.64. The highest BCUT2D eigenvalue weighted by Crippen LogP contribution is 2.35. The molecule has 0 saturated heterocycles. The summed E-state index contributed by atoms with van der Waals surface area (Å²) in [5.41, 5.74) is 6.55. The van der Waals surface area contributed by atoms with E-state index in [0.29, 0.717) is 42.4 Å². The molecular formula is C28H30F2N6O6S. The minimum atomic E-state index is -4.76. The van der Waals surface area contributed by atoms with Gasteiger partial charge < -0.3 is 20.3 Å². The second kappa shape index (κ2) is 12.2. The molecule has 0 atom stereocenters. The normalized spacial score (nSPS) is 17.2. The second-order valence-corrected chi connectivity index (χ2v) is 11.7. The molecular weight excluding hydrogens is 586 g/mol. The summed E-state index contributed by atoms with van der Waals surface area (Å²) < 4.78 is 69.4. The summed E-state index contributed by atoms with van der Waals surface area (Å²) in [6, 6.07) is 5.32. The van der Waals surface area contributed by atoms with Crippen LogP contribution in [0.15, 0.2) is 46.2 Å². The number of sulfonamides is 1. The number of methoxy groups -OCH3 is 1. The predicted octanol–water partition coefficient (Wildman–Crippen LogP) is 3.32. The summed E-state index contributed by atoms with van der Waals surface area (Å²) >= 11 is 0. The van der Waals surface area contributed by atoms with E-state index in [9.17, 15) is 22.0 Å². The smallest absolute Gasteiger partial charge is 0.267 e. The van der Waals surface area contributed by atoms with Crippen molar-refractivity contribution in [3.63, 3.8) is 0 Å². The SMILES string of the molecule is COc1ncc(-c2cc3c(C)nc(N)nc3n(C3CCC(OCCO)CC3)c2=O)cc1NS(=O)(=O)c1c(F)cccc1F. The Kier molecular flexibility index (Phi) is 8.57. The van der Waals surface area contributed by atoms with Crippen molar-refractivity contribution in [1.82, 2.24) is 19.5 Å². The number of rotatable bonds is 9. The van der Waals surface area contributed by atoms with Crippen molar-refractivity contribution in [2.75, 3.05) is 30.8 Å². The van der Waals surface area contributed by atoms with E-state index in [1.165, 1.54) is 19.4 Å². The number of aliphatic hydroxyl groups is 1. The average molecular weight is 617 g/mol. The number of hydrogen-bond donors (Lipinski definition) is 3. The molecule has 12 nitrogen and oxygen atoms in total. The number of nitrogens with two attached hydrogens (primary N) is 1. The molecule has 3 heterocycles. The van der Waals surface area contributed by atoms with Crippen molar-refractivity contribution in [1.29, 1.82) is 0 Å². The van der Waals surface area contributed by atoms with Crippen molar-refractivity contribution in [2.24, 2.45) is 0 Å². The minimum Gasteiger partial charge on any atom is -0.480 e. The number of ether oxygens (including phenoxy) is 2. The minimum absolute atomic E-state index is 0.00838. The molecule has 5 rings (SSSR count). The summed E-state index contributed by atoms with van der Waals surface area (Å²) in [6.45, 7) is 1.88. The maximum atomic E-state index is 14.4.